The van der Waals surface area contributed by atoms with Gasteiger partial charge in [-0.15, -0.1) is 0 Å². The lowest BCUT2D eigenvalue weighted by Gasteiger charge is -2.33. The molecule has 0 aromatic heterocycles. The van der Waals surface area contributed by atoms with Gasteiger partial charge < -0.3 is 19.3 Å². The van der Waals surface area contributed by atoms with Crippen molar-refractivity contribution in [3.63, 3.8) is 0 Å². The monoisotopic (exact) mass is 863 g/mol. The Labute approximate surface area is 387 Å². The molecule has 2 atom stereocenters. The van der Waals surface area contributed by atoms with Gasteiger partial charge in [0.2, 0.25) is 11.5 Å². The summed E-state index contributed by atoms with van der Waals surface area (Å²) in [6, 6.07) is 0. The van der Waals surface area contributed by atoms with Gasteiger partial charge in [-0.05, 0) is 197 Å². The quantitative estimate of drug-likeness (QED) is 0.0815. The van der Waals surface area contributed by atoms with Crippen LogP contribution in [0.15, 0.2) is 111 Å². The van der Waals surface area contributed by atoms with Gasteiger partial charge in [-0.1, -0.05) is 118 Å². The minimum Gasteiger partial charge on any atom is -0.504 e. The number of methoxy groups -OCH3 is 2. The summed E-state index contributed by atoms with van der Waals surface area (Å²) >= 11 is 0. The Balaban J connectivity index is 1.65. The van der Waals surface area contributed by atoms with Gasteiger partial charge in [0.25, 0.3) is 0 Å². The minimum atomic E-state index is -0.475. The molecule has 0 aliphatic carbocycles. The lowest BCUT2D eigenvalue weighted by atomic mass is 9.92. The van der Waals surface area contributed by atoms with Crippen LogP contribution in [0.3, 0.4) is 0 Å². The van der Waals surface area contributed by atoms with E-state index in [0.717, 1.165) is 107 Å². The van der Waals surface area contributed by atoms with E-state index < -0.39 is 5.60 Å². The summed E-state index contributed by atoms with van der Waals surface area (Å²) < 4.78 is 17.6. The number of rotatable bonds is 29. The molecule has 1 N–H and O–H groups in total. The highest BCUT2D eigenvalue weighted by Gasteiger charge is 2.33. The highest BCUT2D eigenvalue weighted by atomic mass is 16.5. The Bertz CT molecular complexity index is 1880. The number of benzene rings is 1. The molecule has 4 heteroatoms. The van der Waals surface area contributed by atoms with Crippen LogP contribution in [0.25, 0.3) is 6.08 Å². The van der Waals surface area contributed by atoms with E-state index in [9.17, 15) is 5.11 Å². The number of allylic oxidation sites excluding steroid dienone is 18. The average molecular weight is 863 g/mol. The predicted octanol–water partition coefficient (Wildman–Crippen LogP) is 18.3. The van der Waals surface area contributed by atoms with Gasteiger partial charge in [-0.2, -0.15) is 0 Å². The maximum atomic E-state index is 10.6. The molecule has 63 heavy (non-hydrogen) atoms. The van der Waals surface area contributed by atoms with Gasteiger partial charge in [-0.3, -0.25) is 0 Å². The second-order valence-electron chi connectivity index (χ2n) is 19.0. The molecule has 1 unspecified atom stereocenters. The van der Waals surface area contributed by atoms with Crippen molar-refractivity contribution >= 4 is 6.08 Å². The Morgan fingerprint density at radius 3 is 1.43 bits per heavy atom. The summed E-state index contributed by atoms with van der Waals surface area (Å²) in [4.78, 5) is 0. The standard InChI is InChI=1S/C59H90O4/c1-15-16-17-25-44(2)26-18-27-47(5)34-22-36-50(8)42-52(10)43-51(9)37-23-35-48(6)31-20-30-45(3)28-19-29-46(4)32-21-33-49(7)38-24-40-59(12)41-39-54-53(11)55(60)57(61-13)58(62-14)56(54)63-59/h15-16,26,28,31-32,34,37-39,41-42,52,60H,17-25,27,29-30,33,35-36,40,43H2,1-14H3/b16-15-,44-26+,45-28+,46-32+,47-34+,48-31+,49-38+,50-42+,51-37+/t52?,59-/m1/s1. The third-order valence-electron chi connectivity index (χ3n) is 12.5. The minimum absolute atomic E-state index is 0.0865. The number of fused-ring (bicyclic) bond motifs is 1. The fraction of sp³-hybridized carbons (Fsp3) is 0.559. The molecule has 1 aromatic rings. The lowest BCUT2D eigenvalue weighted by Crippen LogP contribution is -2.32. The van der Waals surface area contributed by atoms with Crippen LogP contribution in [-0.4, -0.2) is 24.9 Å². The number of hydrogen-bond donors (Lipinski definition) is 1. The van der Waals surface area contributed by atoms with E-state index in [1.54, 1.807) is 7.11 Å². The first-order valence-electron chi connectivity index (χ1n) is 24.3. The molecular formula is C59H90O4. The summed E-state index contributed by atoms with van der Waals surface area (Å²) in [7, 11) is 3.11. The Morgan fingerprint density at radius 2 is 1.00 bits per heavy atom. The first kappa shape index (κ1) is 55.0. The number of aromatic hydroxyl groups is 1. The molecule has 1 aromatic carbocycles. The number of hydrogen-bond acceptors (Lipinski definition) is 4. The number of phenolic OH excluding ortho intramolecular Hbond substituents is 1. The van der Waals surface area contributed by atoms with Crippen molar-refractivity contribution in [2.75, 3.05) is 14.2 Å². The summed E-state index contributed by atoms with van der Waals surface area (Å²) in [5, 5.41) is 10.6. The fourth-order valence-electron chi connectivity index (χ4n) is 8.33. The first-order chi connectivity index (χ1) is 30.0. The SMILES string of the molecule is C/C=C\CC/C(C)=C/CC/C(C)=C/CC/C(C)=C/C(C)C/C(C)=C/CC/C(C)=C/CC/C(C)=C/CC/C(C)=C/CC/C(C)=C/CC[C@]1(C)C=Cc2c(C)c(O)c(OC)c(OC)c2O1. The molecular weight excluding hydrogens is 773 g/mol. The van der Waals surface area contributed by atoms with Gasteiger partial charge in [-0.25, -0.2) is 0 Å². The smallest absolute Gasteiger partial charge is 0.207 e. The normalized spacial score (nSPS) is 17.7. The van der Waals surface area contributed by atoms with Crippen molar-refractivity contribution in [3.05, 3.63) is 123 Å². The van der Waals surface area contributed by atoms with Crippen LogP contribution in [0.2, 0.25) is 0 Å². The van der Waals surface area contributed by atoms with E-state index in [0.29, 0.717) is 23.2 Å². The van der Waals surface area contributed by atoms with E-state index >= 15 is 0 Å². The molecule has 0 amide bonds. The molecule has 0 spiro atoms. The summed E-state index contributed by atoms with van der Waals surface area (Å²) in [6.07, 6.45) is 46.8. The van der Waals surface area contributed by atoms with Crippen LogP contribution in [0.1, 0.15) is 196 Å². The van der Waals surface area contributed by atoms with Gasteiger partial charge in [0.15, 0.2) is 11.5 Å². The predicted molar refractivity (Wildman–Crippen MR) is 277 cm³/mol. The van der Waals surface area contributed by atoms with Crippen LogP contribution in [0.5, 0.6) is 23.0 Å². The average Bonchev–Trinajstić information content (AvgIpc) is 3.21. The molecule has 0 saturated heterocycles. The largest absolute Gasteiger partial charge is 0.504 e. The van der Waals surface area contributed by atoms with Crippen LogP contribution in [0, 0.1) is 12.8 Å². The highest BCUT2D eigenvalue weighted by Crippen LogP contribution is 2.52. The van der Waals surface area contributed by atoms with E-state index in [1.165, 1.54) is 64.5 Å². The van der Waals surface area contributed by atoms with Crippen LogP contribution >= 0.6 is 0 Å². The molecule has 0 radical (unpaired) electrons. The van der Waals surface area contributed by atoms with Gasteiger partial charge >= 0.3 is 0 Å². The molecule has 4 nitrogen and oxygen atoms in total. The molecule has 2 rings (SSSR count). The van der Waals surface area contributed by atoms with E-state index in [1.807, 2.05) is 13.0 Å². The second kappa shape index (κ2) is 30.0. The van der Waals surface area contributed by atoms with Gasteiger partial charge in [0.1, 0.15) is 5.60 Å². The van der Waals surface area contributed by atoms with Crippen LogP contribution in [-0.2, 0) is 0 Å². The summed E-state index contributed by atoms with van der Waals surface area (Å²) in [6.45, 7) is 26.7. The second-order valence-corrected chi connectivity index (χ2v) is 19.0. The molecule has 350 valence electrons. The Morgan fingerprint density at radius 1 is 0.603 bits per heavy atom. The Kier molecular flexibility index (Phi) is 26.2. The molecule has 0 saturated carbocycles. The fourth-order valence-corrected chi connectivity index (χ4v) is 8.33. The molecule has 0 bridgehead atoms. The molecule has 1 aliphatic rings. The van der Waals surface area contributed by atoms with Crippen LogP contribution < -0.4 is 14.2 Å². The van der Waals surface area contributed by atoms with Crippen LogP contribution in [0.4, 0.5) is 0 Å². The highest BCUT2D eigenvalue weighted by molar-refractivity contribution is 5.76. The zero-order chi connectivity index (χ0) is 46.8. The van der Waals surface area contributed by atoms with Crippen molar-refractivity contribution in [1.82, 2.24) is 0 Å². The van der Waals surface area contributed by atoms with Crippen molar-refractivity contribution in [2.24, 2.45) is 5.92 Å². The molecule has 0 fully saturated rings. The van der Waals surface area contributed by atoms with Crippen molar-refractivity contribution in [3.8, 4) is 23.0 Å². The third kappa shape index (κ3) is 21.8. The zero-order valence-electron chi connectivity index (χ0n) is 42.7. The van der Waals surface area contributed by atoms with Crippen molar-refractivity contribution in [1.29, 1.82) is 0 Å². The topological polar surface area (TPSA) is 47.9 Å². The third-order valence-corrected chi connectivity index (χ3v) is 12.5. The van der Waals surface area contributed by atoms with E-state index in [2.05, 4.69) is 143 Å². The summed E-state index contributed by atoms with van der Waals surface area (Å²) in [5.74, 6) is 2.04. The number of ether oxygens (including phenoxy) is 3. The first-order valence-corrected chi connectivity index (χ1v) is 24.3. The lowest BCUT2D eigenvalue weighted by molar-refractivity contribution is 0.122. The van der Waals surface area contributed by atoms with E-state index in [4.69, 9.17) is 14.2 Å². The van der Waals surface area contributed by atoms with Gasteiger partial charge in [0, 0.05) is 11.1 Å². The maximum absolute atomic E-state index is 10.6. The molecule has 1 aliphatic heterocycles. The van der Waals surface area contributed by atoms with Gasteiger partial charge in [0.05, 0.1) is 14.2 Å². The number of phenols is 1. The molecule has 1 heterocycles. The van der Waals surface area contributed by atoms with Crippen molar-refractivity contribution < 1.29 is 19.3 Å². The van der Waals surface area contributed by atoms with Crippen molar-refractivity contribution in [2.45, 2.75) is 198 Å². The Hall–Kier alpha value is -4.18. The zero-order valence-corrected chi connectivity index (χ0v) is 42.7. The maximum Gasteiger partial charge on any atom is 0.207 e. The summed E-state index contributed by atoms with van der Waals surface area (Å²) in [5.41, 5.74) is 13.0. The van der Waals surface area contributed by atoms with E-state index in [-0.39, 0.29) is 5.75 Å².